The highest BCUT2D eigenvalue weighted by Crippen LogP contribution is 2.07. The van der Waals surface area contributed by atoms with Crippen LogP contribution >= 0.6 is 23.7 Å². The predicted octanol–water partition coefficient (Wildman–Crippen LogP) is 2.68. The fourth-order valence-electron chi connectivity index (χ4n) is 1.40. The minimum atomic E-state index is 0. The van der Waals surface area contributed by atoms with Gasteiger partial charge in [-0.2, -0.15) is 5.10 Å². The maximum atomic E-state index is 4.41. The van der Waals surface area contributed by atoms with Gasteiger partial charge in [0.1, 0.15) is 0 Å². The highest BCUT2D eigenvalue weighted by molar-refractivity contribution is 7.09. The molecule has 0 aliphatic rings. The Morgan fingerprint density at radius 3 is 2.88 bits per heavy atom. The average molecular weight is 258 g/mol. The third-order valence-corrected chi connectivity index (χ3v) is 3.08. The SMILES string of the molecule is CCn1ccc(CNCc2cccs2)n1.Cl. The summed E-state index contributed by atoms with van der Waals surface area (Å²) >= 11 is 1.78. The highest BCUT2D eigenvalue weighted by atomic mass is 35.5. The third-order valence-electron chi connectivity index (χ3n) is 2.21. The average Bonchev–Trinajstić information content (AvgIpc) is 2.88. The van der Waals surface area contributed by atoms with Gasteiger partial charge in [-0.05, 0) is 24.4 Å². The van der Waals surface area contributed by atoms with E-state index < -0.39 is 0 Å². The summed E-state index contributed by atoms with van der Waals surface area (Å²) in [6, 6.07) is 6.28. The Balaban J connectivity index is 0.00000128. The standard InChI is InChI=1S/C11H15N3S.ClH/c1-2-14-6-5-10(13-14)8-12-9-11-4-3-7-15-11;/h3-7,12H,2,8-9H2,1H3;1H. The molecule has 1 N–H and O–H groups in total. The van der Waals surface area contributed by atoms with Crippen LogP contribution in [0.2, 0.25) is 0 Å². The van der Waals surface area contributed by atoms with Crippen LogP contribution in [0.15, 0.2) is 29.8 Å². The molecule has 0 fully saturated rings. The van der Waals surface area contributed by atoms with Crippen molar-refractivity contribution in [2.75, 3.05) is 0 Å². The van der Waals surface area contributed by atoms with Crippen molar-refractivity contribution in [2.45, 2.75) is 26.6 Å². The van der Waals surface area contributed by atoms with E-state index in [9.17, 15) is 0 Å². The van der Waals surface area contributed by atoms with Crippen LogP contribution in [0, 0.1) is 0 Å². The van der Waals surface area contributed by atoms with Gasteiger partial charge in [0.05, 0.1) is 5.69 Å². The summed E-state index contributed by atoms with van der Waals surface area (Å²) < 4.78 is 1.95. The number of halogens is 1. The Labute approximate surface area is 106 Å². The number of aromatic nitrogens is 2. The van der Waals surface area contributed by atoms with Crippen molar-refractivity contribution >= 4 is 23.7 Å². The molecule has 0 radical (unpaired) electrons. The van der Waals surface area contributed by atoms with Gasteiger partial charge in [-0.25, -0.2) is 0 Å². The van der Waals surface area contributed by atoms with Crippen molar-refractivity contribution in [1.29, 1.82) is 0 Å². The molecule has 2 aromatic rings. The highest BCUT2D eigenvalue weighted by Gasteiger charge is 1.97. The maximum absolute atomic E-state index is 4.41. The van der Waals surface area contributed by atoms with Gasteiger partial charge >= 0.3 is 0 Å². The van der Waals surface area contributed by atoms with Crippen molar-refractivity contribution in [1.82, 2.24) is 15.1 Å². The number of nitrogens with one attached hydrogen (secondary N) is 1. The molecular weight excluding hydrogens is 242 g/mol. The van der Waals surface area contributed by atoms with Crippen molar-refractivity contribution in [3.63, 3.8) is 0 Å². The second-order valence-corrected chi connectivity index (χ2v) is 4.38. The van der Waals surface area contributed by atoms with Crippen LogP contribution < -0.4 is 5.32 Å². The molecule has 3 nitrogen and oxygen atoms in total. The van der Waals surface area contributed by atoms with E-state index in [2.05, 4.69) is 40.9 Å². The van der Waals surface area contributed by atoms with Gasteiger partial charge in [0.15, 0.2) is 0 Å². The lowest BCUT2D eigenvalue weighted by molar-refractivity contribution is 0.621. The van der Waals surface area contributed by atoms with Gasteiger partial charge in [-0.15, -0.1) is 23.7 Å². The van der Waals surface area contributed by atoms with Crippen LogP contribution in [-0.4, -0.2) is 9.78 Å². The second-order valence-electron chi connectivity index (χ2n) is 3.35. The Bertz CT molecular complexity index is 397. The van der Waals surface area contributed by atoms with Crippen molar-refractivity contribution in [2.24, 2.45) is 0 Å². The lowest BCUT2D eigenvalue weighted by atomic mass is 10.4. The van der Waals surface area contributed by atoms with E-state index in [1.807, 2.05) is 10.9 Å². The van der Waals surface area contributed by atoms with E-state index >= 15 is 0 Å². The lowest BCUT2D eigenvalue weighted by Crippen LogP contribution is -2.12. The van der Waals surface area contributed by atoms with Gasteiger partial charge < -0.3 is 5.32 Å². The zero-order valence-electron chi connectivity index (χ0n) is 9.22. The first-order valence-corrected chi connectivity index (χ1v) is 6.02. The topological polar surface area (TPSA) is 29.9 Å². The van der Waals surface area contributed by atoms with Gasteiger partial charge in [0.25, 0.3) is 0 Å². The molecule has 0 saturated carbocycles. The van der Waals surface area contributed by atoms with Gasteiger partial charge in [-0.3, -0.25) is 4.68 Å². The van der Waals surface area contributed by atoms with E-state index in [-0.39, 0.29) is 12.4 Å². The molecule has 0 aliphatic heterocycles. The summed E-state index contributed by atoms with van der Waals surface area (Å²) in [6.45, 7) is 4.79. The van der Waals surface area contributed by atoms with E-state index in [1.165, 1.54) is 4.88 Å². The fourth-order valence-corrected chi connectivity index (χ4v) is 2.08. The summed E-state index contributed by atoms with van der Waals surface area (Å²) in [5.74, 6) is 0. The fraction of sp³-hybridized carbons (Fsp3) is 0.364. The Kier molecular flexibility index (Phi) is 5.52. The predicted molar refractivity (Wildman–Crippen MR) is 70.0 cm³/mol. The van der Waals surface area contributed by atoms with Crippen molar-refractivity contribution in [3.05, 3.63) is 40.3 Å². The Morgan fingerprint density at radius 2 is 2.25 bits per heavy atom. The molecule has 88 valence electrons. The van der Waals surface area contributed by atoms with Crippen LogP contribution in [0.25, 0.3) is 0 Å². The quantitative estimate of drug-likeness (QED) is 0.893. The largest absolute Gasteiger partial charge is 0.306 e. The summed E-state index contributed by atoms with van der Waals surface area (Å²) in [5.41, 5.74) is 1.11. The molecule has 0 bridgehead atoms. The molecule has 16 heavy (non-hydrogen) atoms. The van der Waals surface area contributed by atoms with E-state index in [0.717, 1.165) is 25.3 Å². The normalized spacial score (nSPS) is 10.1. The Hall–Kier alpha value is -0.840. The minimum absolute atomic E-state index is 0. The maximum Gasteiger partial charge on any atom is 0.0762 e. The zero-order valence-corrected chi connectivity index (χ0v) is 10.9. The van der Waals surface area contributed by atoms with E-state index in [4.69, 9.17) is 0 Å². The van der Waals surface area contributed by atoms with Gasteiger partial charge in [-0.1, -0.05) is 6.07 Å². The molecule has 0 spiro atoms. The van der Waals surface area contributed by atoms with Crippen molar-refractivity contribution < 1.29 is 0 Å². The van der Waals surface area contributed by atoms with Gasteiger partial charge in [0, 0.05) is 30.7 Å². The molecule has 0 aromatic carbocycles. The van der Waals surface area contributed by atoms with Crippen LogP contribution in [0.5, 0.6) is 0 Å². The molecular formula is C11H16ClN3S. The summed E-state index contributed by atoms with van der Waals surface area (Å²) in [4.78, 5) is 1.37. The third kappa shape index (κ3) is 3.63. The minimum Gasteiger partial charge on any atom is -0.306 e. The molecule has 0 aliphatic carbocycles. The number of thiophene rings is 1. The summed E-state index contributed by atoms with van der Waals surface area (Å²) in [7, 11) is 0. The number of hydrogen-bond acceptors (Lipinski definition) is 3. The molecule has 0 unspecified atom stereocenters. The smallest absolute Gasteiger partial charge is 0.0762 e. The molecule has 5 heteroatoms. The lowest BCUT2D eigenvalue weighted by Gasteiger charge is -1.99. The first kappa shape index (κ1) is 13.2. The second kappa shape index (κ2) is 6.68. The Morgan fingerprint density at radius 1 is 1.38 bits per heavy atom. The molecule has 2 aromatic heterocycles. The van der Waals surface area contributed by atoms with Crippen molar-refractivity contribution in [3.8, 4) is 0 Å². The number of rotatable bonds is 5. The zero-order chi connectivity index (χ0) is 10.5. The van der Waals surface area contributed by atoms with E-state index in [0.29, 0.717) is 0 Å². The first-order valence-electron chi connectivity index (χ1n) is 5.14. The molecule has 0 atom stereocenters. The van der Waals surface area contributed by atoms with Crippen LogP contribution in [0.1, 0.15) is 17.5 Å². The van der Waals surface area contributed by atoms with Crippen LogP contribution in [0.4, 0.5) is 0 Å². The molecule has 0 saturated heterocycles. The first-order chi connectivity index (χ1) is 7.38. The van der Waals surface area contributed by atoms with Crippen LogP contribution in [0.3, 0.4) is 0 Å². The van der Waals surface area contributed by atoms with Gasteiger partial charge in [0.2, 0.25) is 0 Å². The monoisotopic (exact) mass is 257 g/mol. The molecule has 2 heterocycles. The number of hydrogen-bond donors (Lipinski definition) is 1. The van der Waals surface area contributed by atoms with E-state index in [1.54, 1.807) is 11.3 Å². The summed E-state index contributed by atoms with van der Waals surface area (Å²) in [6.07, 6.45) is 2.02. The number of aryl methyl sites for hydroxylation is 1. The number of nitrogens with zero attached hydrogens (tertiary/aromatic N) is 2. The molecule has 2 rings (SSSR count). The molecule has 0 amide bonds. The summed E-state index contributed by atoms with van der Waals surface area (Å²) in [5, 5.41) is 9.88. The van der Waals surface area contributed by atoms with Crippen LogP contribution in [-0.2, 0) is 19.6 Å².